The van der Waals surface area contributed by atoms with Crippen molar-refractivity contribution in [1.82, 2.24) is 0 Å². The highest BCUT2D eigenvalue weighted by atomic mass is 19.1. The van der Waals surface area contributed by atoms with Gasteiger partial charge < -0.3 is 4.74 Å². The minimum atomic E-state index is -1.05. The summed E-state index contributed by atoms with van der Waals surface area (Å²) in [6, 6.07) is 14.2. The fourth-order valence-corrected chi connectivity index (χ4v) is 1.92. The van der Waals surface area contributed by atoms with Crippen molar-refractivity contribution < 1.29 is 13.9 Å². The molecule has 1 unspecified atom stereocenters. The number of methoxy groups -OCH3 is 1. The number of hydrogen-bond donors (Lipinski definition) is 0. The van der Waals surface area contributed by atoms with Gasteiger partial charge in [0.2, 0.25) is 0 Å². The van der Waals surface area contributed by atoms with Gasteiger partial charge in [-0.1, -0.05) is 24.3 Å². The summed E-state index contributed by atoms with van der Waals surface area (Å²) in [7, 11) is 1.50. The van der Waals surface area contributed by atoms with Crippen LogP contribution in [-0.2, 0) is 0 Å². The SMILES string of the molecule is COc1cccc(C(C#N)C(=O)c2ccccc2F)c1. The molecule has 100 valence electrons. The number of nitriles is 1. The summed E-state index contributed by atoms with van der Waals surface area (Å²) in [4.78, 5) is 12.3. The Balaban J connectivity index is 2.40. The van der Waals surface area contributed by atoms with Gasteiger partial charge in [-0.25, -0.2) is 4.39 Å². The zero-order valence-electron chi connectivity index (χ0n) is 10.8. The molecule has 4 heteroatoms. The average molecular weight is 269 g/mol. The molecule has 0 radical (unpaired) electrons. The van der Waals surface area contributed by atoms with Gasteiger partial charge in [-0.05, 0) is 29.8 Å². The summed E-state index contributed by atoms with van der Waals surface area (Å²) >= 11 is 0. The first-order valence-electron chi connectivity index (χ1n) is 5.99. The van der Waals surface area contributed by atoms with Crippen LogP contribution in [0.15, 0.2) is 48.5 Å². The third-order valence-corrected chi connectivity index (χ3v) is 2.96. The molecule has 2 rings (SSSR count). The van der Waals surface area contributed by atoms with E-state index in [1.165, 1.54) is 25.3 Å². The fourth-order valence-electron chi connectivity index (χ4n) is 1.92. The van der Waals surface area contributed by atoms with Gasteiger partial charge in [0.15, 0.2) is 5.78 Å². The molecule has 2 aromatic rings. The zero-order valence-corrected chi connectivity index (χ0v) is 10.8. The predicted octanol–water partition coefficient (Wildman–Crippen LogP) is 3.32. The van der Waals surface area contributed by atoms with E-state index in [4.69, 9.17) is 4.74 Å². The Morgan fingerprint density at radius 3 is 2.65 bits per heavy atom. The van der Waals surface area contributed by atoms with Crippen molar-refractivity contribution in [3.63, 3.8) is 0 Å². The Labute approximate surface area is 116 Å². The molecule has 0 aliphatic rings. The highest BCUT2D eigenvalue weighted by Gasteiger charge is 2.24. The molecule has 0 aliphatic heterocycles. The minimum absolute atomic E-state index is 0.0816. The number of benzene rings is 2. The Morgan fingerprint density at radius 1 is 1.25 bits per heavy atom. The molecule has 3 nitrogen and oxygen atoms in total. The summed E-state index contributed by atoms with van der Waals surface area (Å²) < 4.78 is 18.7. The third kappa shape index (κ3) is 2.67. The van der Waals surface area contributed by atoms with E-state index in [9.17, 15) is 14.4 Å². The van der Waals surface area contributed by atoms with Gasteiger partial charge in [0, 0.05) is 0 Å². The normalized spacial score (nSPS) is 11.4. The standard InChI is InChI=1S/C16H12FNO2/c1-20-12-6-4-5-11(9-12)14(10-18)16(19)13-7-2-3-8-15(13)17/h2-9,14H,1H3. The summed E-state index contributed by atoms with van der Waals surface area (Å²) in [6.45, 7) is 0. The molecule has 0 heterocycles. The van der Waals surface area contributed by atoms with Gasteiger partial charge >= 0.3 is 0 Å². The van der Waals surface area contributed by atoms with Crippen molar-refractivity contribution in [2.24, 2.45) is 0 Å². The van der Waals surface area contributed by atoms with Crippen LogP contribution in [0.1, 0.15) is 21.8 Å². The van der Waals surface area contributed by atoms with Gasteiger partial charge in [0.1, 0.15) is 17.5 Å². The van der Waals surface area contributed by atoms with Crippen molar-refractivity contribution >= 4 is 5.78 Å². The molecule has 0 bridgehead atoms. The van der Waals surface area contributed by atoms with Crippen molar-refractivity contribution in [3.8, 4) is 11.8 Å². The van der Waals surface area contributed by atoms with Crippen LogP contribution in [0.2, 0.25) is 0 Å². The van der Waals surface area contributed by atoms with Gasteiger partial charge in [-0.15, -0.1) is 0 Å². The van der Waals surface area contributed by atoms with Crippen LogP contribution >= 0.6 is 0 Å². The van der Waals surface area contributed by atoms with E-state index >= 15 is 0 Å². The van der Waals surface area contributed by atoms with E-state index in [1.807, 2.05) is 6.07 Å². The van der Waals surface area contributed by atoms with Gasteiger partial charge in [0.05, 0.1) is 18.7 Å². The highest BCUT2D eigenvalue weighted by Crippen LogP contribution is 2.24. The fraction of sp³-hybridized carbons (Fsp3) is 0.125. The Hall–Kier alpha value is -2.67. The van der Waals surface area contributed by atoms with Gasteiger partial charge in [-0.3, -0.25) is 4.79 Å². The van der Waals surface area contributed by atoms with Crippen molar-refractivity contribution in [3.05, 3.63) is 65.5 Å². The number of hydrogen-bond acceptors (Lipinski definition) is 3. The summed E-state index contributed by atoms with van der Waals surface area (Å²) in [5, 5.41) is 9.23. The first-order valence-corrected chi connectivity index (χ1v) is 5.99. The van der Waals surface area contributed by atoms with E-state index in [-0.39, 0.29) is 5.56 Å². The third-order valence-electron chi connectivity index (χ3n) is 2.96. The molecule has 0 aromatic heterocycles. The van der Waals surface area contributed by atoms with E-state index < -0.39 is 17.5 Å². The van der Waals surface area contributed by atoms with Crippen molar-refractivity contribution in [2.75, 3.05) is 7.11 Å². The number of carbonyl (C=O) groups is 1. The molecule has 0 saturated carbocycles. The molecule has 0 saturated heterocycles. The van der Waals surface area contributed by atoms with Crippen molar-refractivity contribution in [2.45, 2.75) is 5.92 Å². The zero-order chi connectivity index (χ0) is 14.5. The molecular formula is C16H12FNO2. The predicted molar refractivity (Wildman–Crippen MR) is 72.1 cm³/mol. The molecule has 0 aliphatic carbocycles. The Bertz CT molecular complexity index is 676. The maximum absolute atomic E-state index is 13.6. The molecule has 0 fully saturated rings. The minimum Gasteiger partial charge on any atom is -0.497 e. The molecule has 2 aromatic carbocycles. The van der Waals surface area contributed by atoms with Gasteiger partial charge in [0.25, 0.3) is 0 Å². The van der Waals surface area contributed by atoms with E-state index in [0.717, 1.165) is 0 Å². The first-order chi connectivity index (χ1) is 9.67. The smallest absolute Gasteiger partial charge is 0.187 e. The number of ether oxygens (including phenoxy) is 1. The molecule has 0 spiro atoms. The Kier molecular flexibility index (Phi) is 4.11. The summed E-state index contributed by atoms with van der Waals surface area (Å²) in [5.74, 6) is -1.69. The van der Waals surface area contributed by atoms with Crippen LogP contribution in [0.5, 0.6) is 5.75 Å². The Morgan fingerprint density at radius 2 is 2.00 bits per heavy atom. The number of ketones is 1. The quantitative estimate of drug-likeness (QED) is 0.800. The number of carbonyl (C=O) groups excluding carboxylic acids is 1. The molecule has 20 heavy (non-hydrogen) atoms. The monoisotopic (exact) mass is 269 g/mol. The highest BCUT2D eigenvalue weighted by molar-refractivity contribution is 6.03. The van der Waals surface area contributed by atoms with Crippen LogP contribution in [0, 0.1) is 17.1 Å². The number of halogens is 1. The van der Waals surface area contributed by atoms with Crippen LogP contribution in [-0.4, -0.2) is 12.9 Å². The maximum atomic E-state index is 13.6. The summed E-state index contributed by atoms with van der Waals surface area (Å²) in [6.07, 6.45) is 0. The van der Waals surface area contributed by atoms with Gasteiger partial charge in [-0.2, -0.15) is 5.26 Å². The van der Waals surface area contributed by atoms with Crippen LogP contribution in [0.4, 0.5) is 4.39 Å². The van der Waals surface area contributed by atoms with E-state index in [2.05, 4.69) is 0 Å². The van der Waals surface area contributed by atoms with Crippen molar-refractivity contribution in [1.29, 1.82) is 5.26 Å². The number of nitrogens with zero attached hydrogens (tertiary/aromatic N) is 1. The number of Topliss-reactive ketones (excluding diaryl/α,β-unsaturated/α-hetero) is 1. The van der Waals surface area contributed by atoms with Crippen LogP contribution < -0.4 is 4.74 Å². The second kappa shape index (κ2) is 5.98. The molecule has 0 amide bonds. The molecule has 0 N–H and O–H groups in total. The largest absolute Gasteiger partial charge is 0.497 e. The lowest BCUT2D eigenvalue weighted by Gasteiger charge is -2.10. The first kappa shape index (κ1) is 13.8. The van der Waals surface area contributed by atoms with Crippen LogP contribution in [0.25, 0.3) is 0 Å². The lowest BCUT2D eigenvalue weighted by molar-refractivity contribution is 0.0975. The second-order valence-corrected chi connectivity index (χ2v) is 4.18. The second-order valence-electron chi connectivity index (χ2n) is 4.18. The maximum Gasteiger partial charge on any atom is 0.187 e. The lowest BCUT2D eigenvalue weighted by atomic mass is 9.91. The number of rotatable bonds is 4. The average Bonchev–Trinajstić information content (AvgIpc) is 2.48. The summed E-state index contributed by atoms with van der Waals surface area (Å²) in [5.41, 5.74) is 0.405. The van der Waals surface area contributed by atoms with E-state index in [0.29, 0.717) is 11.3 Å². The molecule has 1 atom stereocenters. The lowest BCUT2D eigenvalue weighted by Crippen LogP contribution is -2.13. The molecular weight excluding hydrogens is 257 g/mol. The topological polar surface area (TPSA) is 50.1 Å². The van der Waals surface area contributed by atoms with E-state index in [1.54, 1.807) is 30.3 Å². The van der Waals surface area contributed by atoms with Crippen LogP contribution in [0.3, 0.4) is 0 Å².